The van der Waals surface area contributed by atoms with Gasteiger partial charge in [0, 0.05) is 76.0 Å². The van der Waals surface area contributed by atoms with E-state index in [0.29, 0.717) is 33.1 Å². The largest absolute Gasteiger partial charge is 0.456 e. The first-order valence-corrected chi connectivity index (χ1v) is 33.1. The van der Waals surface area contributed by atoms with Crippen LogP contribution in [0.3, 0.4) is 0 Å². The molecule has 0 saturated carbocycles. The maximum absolute atomic E-state index is 9.90. The molecule has 0 radical (unpaired) electrons. The summed E-state index contributed by atoms with van der Waals surface area (Å²) in [6.45, 7) is -0.695. The average molecular weight is 1260 g/mol. The summed E-state index contributed by atoms with van der Waals surface area (Å²) in [5.74, 6) is 0. The SMILES string of the molecule is [2H]c1c([2H])c([2H])c2c(c1[2H])c1c([2H])c([2H])c([2H])c([2H])c1n2-c1ccc2c(c1)N(c1c(-c3ccccc3)cccc1-c1ccccc1)c1cc(-n3c4c([2H])c([2H])c([2H])c([2H])c4c4c([2H])c([2H])c([2H])c([2H])c43)cc3c1B2c1ccc2oc4ccc(-c5ccc6c(c5)C5(c7ccccc7-c7ccccc75)c5ccccc5-6)cc4c2c1S3. The molecule has 97 heavy (non-hydrogen) atoms. The molecule has 22 rings (SSSR count). The van der Waals surface area contributed by atoms with Crippen molar-refractivity contribution in [1.82, 2.24) is 9.13 Å². The van der Waals surface area contributed by atoms with Gasteiger partial charge in [-0.3, -0.25) is 0 Å². The van der Waals surface area contributed by atoms with Crippen LogP contribution in [0.15, 0.2) is 341 Å². The van der Waals surface area contributed by atoms with E-state index >= 15 is 0 Å². The molecular formula is C91H54BN3OS. The molecule has 0 N–H and O–H groups in total. The third-order valence-corrected chi connectivity index (χ3v) is 21.9. The minimum atomic E-state index is -0.695. The number of hydrogen-bond acceptors (Lipinski definition) is 3. The lowest BCUT2D eigenvalue weighted by molar-refractivity contribution is 0.668. The lowest BCUT2D eigenvalue weighted by Gasteiger charge is -2.42. The van der Waals surface area contributed by atoms with E-state index in [1.807, 2.05) is 121 Å². The molecule has 3 aromatic heterocycles. The van der Waals surface area contributed by atoms with E-state index < -0.39 is 109 Å². The minimum Gasteiger partial charge on any atom is -0.456 e. The summed E-state index contributed by atoms with van der Waals surface area (Å²) < 4.78 is 161. The van der Waals surface area contributed by atoms with Crippen LogP contribution in [0.5, 0.6) is 0 Å². The van der Waals surface area contributed by atoms with Gasteiger partial charge in [-0.1, -0.05) is 272 Å². The Morgan fingerprint density at radius 1 is 0.351 bits per heavy atom. The quantitative estimate of drug-likeness (QED) is 0.155. The fourth-order valence-electron chi connectivity index (χ4n) is 16.8. The lowest BCUT2D eigenvalue weighted by Crippen LogP contribution is -2.60. The summed E-state index contributed by atoms with van der Waals surface area (Å²) in [4.78, 5) is 3.64. The molecular weight excluding hydrogens is 1190 g/mol. The number of benzene rings is 15. The van der Waals surface area contributed by atoms with E-state index in [9.17, 15) is 16.4 Å². The number of rotatable bonds is 6. The van der Waals surface area contributed by atoms with Crippen molar-refractivity contribution in [3.8, 4) is 67.0 Å². The number of hydrogen-bond donors (Lipinski definition) is 0. The van der Waals surface area contributed by atoms with E-state index in [0.717, 1.165) is 71.0 Å². The van der Waals surface area contributed by atoms with Gasteiger partial charge in [-0.15, -0.1) is 0 Å². The molecule has 1 spiro atoms. The second-order valence-electron chi connectivity index (χ2n) is 25.3. The Bertz CT molecular complexity index is 7190. The van der Waals surface area contributed by atoms with Gasteiger partial charge >= 0.3 is 0 Å². The molecule has 6 heteroatoms. The second kappa shape index (κ2) is 20.0. The zero-order valence-corrected chi connectivity index (χ0v) is 52.0. The van der Waals surface area contributed by atoms with Gasteiger partial charge < -0.3 is 18.5 Å². The fourth-order valence-corrected chi connectivity index (χ4v) is 18.2. The first-order valence-electron chi connectivity index (χ1n) is 40.3. The van der Waals surface area contributed by atoms with Crippen molar-refractivity contribution >= 4 is 117 Å². The van der Waals surface area contributed by atoms with Gasteiger partial charge in [0.05, 0.1) is 55.1 Å². The van der Waals surface area contributed by atoms with Crippen LogP contribution in [0.4, 0.5) is 17.1 Å². The Kier molecular flexibility index (Phi) is 8.29. The summed E-state index contributed by atoms with van der Waals surface area (Å²) in [5, 5.41) is 1.24. The third kappa shape index (κ3) is 7.24. The molecule has 2 aliphatic carbocycles. The topological polar surface area (TPSA) is 26.2 Å². The molecule has 18 aromatic rings. The van der Waals surface area contributed by atoms with Gasteiger partial charge in [0.1, 0.15) is 11.2 Å². The van der Waals surface area contributed by atoms with Gasteiger partial charge in [0.25, 0.3) is 0 Å². The highest BCUT2D eigenvalue weighted by Crippen LogP contribution is 2.63. The van der Waals surface area contributed by atoms with Crippen molar-refractivity contribution in [2.24, 2.45) is 0 Å². The van der Waals surface area contributed by atoms with Crippen LogP contribution in [-0.2, 0) is 5.41 Å². The first kappa shape index (κ1) is 40.2. The Labute approximate surface area is 586 Å². The van der Waals surface area contributed by atoms with Crippen LogP contribution in [0.25, 0.3) is 133 Å². The van der Waals surface area contributed by atoms with E-state index in [4.69, 9.17) is 9.90 Å². The molecule has 0 unspecified atom stereocenters. The van der Waals surface area contributed by atoms with Crippen LogP contribution in [-0.4, -0.2) is 15.8 Å². The monoisotopic (exact) mass is 1260 g/mol. The molecule has 0 atom stereocenters. The zero-order chi connectivity index (χ0) is 77.1. The highest BCUT2D eigenvalue weighted by molar-refractivity contribution is 8.00. The van der Waals surface area contributed by atoms with Crippen LogP contribution in [0, 0.1) is 0 Å². The smallest absolute Gasteiger partial charge is 0.249 e. The highest BCUT2D eigenvalue weighted by atomic mass is 32.2. The van der Waals surface area contributed by atoms with E-state index in [1.54, 1.807) is 4.57 Å². The number of nitrogens with zero attached hydrogens (tertiary/aromatic N) is 3. The molecule has 4 aliphatic rings. The standard InChI is InChI=1S/C91H54BN3OS/c1-3-22-55(23-4-1)61-33-21-34-62(56-24-5-2-6-25-56)89(61)95-82-52-59(93-78-38-17-10-29-67(78)68-30-11-18-39-79(68)93)44-46-76(82)92-77-47-49-85-87(90(77)97-86-54-60(53-83(95)88(86)92)94-80-40-19-12-31-69(80)70-32-13-20-41-81(70)94)71-50-57(43-48-84(71)96-85)58-42-45-66-65-28-9-16-37-74(65)91(75(66)51-58)72-35-14-7-26-63(72)64-27-8-15-36-73(64)91/h1-54H/i10D,11D,12D,13D,17D,18D,19D,20D,29D,30D,31D,32D,38D,39D,40D,41D. The second-order valence-corrected chi connectivity index (χ2v) is 26.4. The molecule has 0 fully saturated rings. The Hall–Kier alpha value is -12.1. The predicted octanol–water partition coefficient (Wildman–Crippen LogP) is 21.9. The van der Waals surface area contributed by atoms with Crippen LogP contribution >= 0.6 is 11.8 Å². The summed E-state index contributed by atoms with van der Waals surface area (Å²) in [7, 11) is 0. The molecule has 4 nitrogen and oxygen atoms in total. The fraction of sp³-hybridized carbons (Fsp3) is 0.0110. The third-order valence-electron chi connectivity index (χ3n) is 20.7. The highest BCUT2D eigenvalue weighted by Gasteiger charge is 2.52. The minimum absolute atomic E-state index is 0.0767. The first-order chi connectivity index (χ1) is 54.8. The van der Waals surface area contributed by atoms with Gasteiger partial charge in [0.2, 0.25) is 6.71 Å². The van der Waals surface area contributed by atoms with Gasteiger partial charge in [-0.05, 0) is 150 Å². The maximum atomic E-state index is 9.90. The summed E-state index contributed by atoms with van der Waals surface area (Å²) in [6, 6.07) is 70.4. The Balaban J connectivity index is 0.867. The van der Waals surface area contributed by atoms with Gasteiger partial charge in [-0.2, -0.15) is 0 Å². The molecule has 2 aliphatic heterocycles. The van der Waals surface area contributed by atoms with Crippen molar-refractivity contribution in [3.63, 3.8) is 0 Å². The molecule has 448 valence electrons. The molecule has 0 saturated heterocycles. The van der Waals surface area contributed by atoms with E-state index in [2.05, 4.69) is 114 Å². The number of anilines is 3. The van der Waals surface area contributed by atoms with Crippen LogP contribution in [0.1, 0.15) is 44.2 Å². The molecule has 5 heterocycles. The Morgan fingerprint density at radius 3 is 1.41 bits per heavy atom. The maximum Gasteiger partial charge on any atom is 0.249 e. The van der Waals surface area contributed by atoms with Gasteiger partial charge in [-0.25, -0.2) is 0 Å². The van der Waals surface area contributed by atoms with Crippen molar-refractivity contribution in [3.05, 3.63) is 349 Å². The van der Waals surface area contributed by atoms with Gasteiger partial charge in [0.15, 0.2) is 0 Å². The lowest BCUT2D eigenvalue weighted by atomic mass is 9.34. The van der Waals surface area contributed by atoms with Crippen LogP contribution in [0.2, 0.25) is 0 Å². The normalized spacial score (nSPS) is 15.9. The average Bonchev–Trinajstić information content (AvgIpc) is 1.59. The number of para-hydroxylation sites is 5. The molecule has 0 bridgehead atoms. The van der Waals surface area contributed by atoms with Crippen molar-refractivity contribution in [2.75, 3.05) is 4.90 Å². The summed E-state index contributed by atoms with van der Waals surface area (Å²) in [6.07, 6.45) is 0. The van der Waals surface area contributed by atoms with Crippen molar-refractivity contribution in [2.45, 2.75) is 15.2 Å². The number of aromatic nitrogens is 2. The summed E-state index contributed by atoms with van der Waals surface area (Å²) in [5.41, 5.74) is 19.7. The number of fused-ring (bicyclic) bond motifs is 24. The molecule has 15 aromatic carbocycles. The molecule has 0 amide bonds. The zero-order valence-electron chi connectivity index (χ0n) is 67.2. The predicted molar refractivity (Wildman–Crippen MR) is 405 cm³/mol. The van der Waals surface area contributed by atoms with Crippen molar-refractivity contribution < 1.29 is 26.3 Å². The van der Waals surface area contributed by atoms with E-state index in [-0.39, 0.29) is 55.0 Å². The summed E-state index contributed by atoms with van der Waals surface area (Å²) >= 11 is 1.50. The van der Waals surface area contributed by atoms with E-state index in [1.165, 1.54) is 55.3 Å². The number of furan rings is 1. The Morgan fingerprint density at radius 2 is 0.825 bits per heavy atom. The van der Waals surface area contributed by atoms with Crippen LogP contribution < -0.4 is 21.3 Å². The van der Waals surface area contributed by atoms with Crippen molar-refractivity contribution in [1.29, 1.82) is 0 Å².